The highest BCUT2D eigenvalue weighted by Gasteiger charge is 2.23. The van der Waals surface area contributed by atoms with Crippen LogP contribution in [0.1, 0.15) is 68.0 Å². The number of aliphatic hydroxyl groups excluding tert-OH is 4. The van der Waals surface area contributed by atoms with Crippen molar-refractivity contribution in [1.29, 1.82) is 31.6 Å². The second kappa shape index (κ2) is 47.3. The zero-order valence-electron chi connectivity index (χ0n) is 63.0. The number of hydrogen-bond acceptors (Lipinski definition) is 35. The van der Waals surface area contributed by atoms with Crippen molar-refractivity contribution in [3.8, 4) is 36.4 Å². The number of azo groups is 3. The fraction of sp³-hybridized carbons (Fsp3) is 0.230. The molecule has 0 aliphatic rings. The molecule has 7 aromatic carbocycles. The number of esters is 2. The van der Waals surface area contributed by atoms with Crippen molar-refractivity contribution < 1.29 is 73.6 Å². The molecule has 0 bridgehead atoms. The summed E-state index contributed by atoms with van der Waals surface area (Å²) >= 11 is 6.20. The van der Waals surface area contributed by atoms with Gasteiger partial charge in [-0.2, -0.15) is 31.6 Å². The molecule has 0 aliphatic carbocycles. The van der Waals surface area contributed by atoms with E-state index in [-0.39, 0.29) is 202 Å². The molecule has 0 saturated heterocycles. The predicted molar refractivity (Wildman–Crippen MR) is 432 cm³/mol. The average molecular weight is 1740 g/mol. The summed E-state index contributed by atoms with van der Waals surface area (Å²) in [6, 6.07) is 33.7. The monoisotopic (exact) mass is 1740 g/mol. The molecule has 7 rings (SSSR count). The topological polar surface area (TPSA) is 646 Å². The van der Waals surface area contributed by atoms with Gasteiger partial charge in [0.1, 0.15) is 83.8 Å². The number of nitriles is 6. The number of nitrogens with two attached hydrogens (primary N) is 1. The molecule has 118 heavy (non-hydrogen) atoms. The first-order chi connectivity index (χ1) is 56.1. The van der Waals surface area contributed by atoms with Crippen LogP contribution >= 0.6 is 31.9 Å². The van der Waals surface area contributed by atoms with Crippen LogP contribution in [0, 0.1) is 108 Å². The zero-order valence-corrected chi connectivity index (χ0v) is 66.1. The summed E-state index contributed by atoms with van der Waals surface area (Å²) in [6.45, 7) is 14.8. The normalized spacial score (nSPS) is 10.3. The predicted octanol–water partition coefficient (Wildman–Crippen LogP) is 12.5. The number of non-ortho nitro benzene ring substituents is 4. The molecule has 42 nitrogen and oxygen atoms in total. The Hall–Kier alpha value is -15.3. The number of anilines is 7. The molecule has 0 aliphatic heterocycles. The number of nitro groups is 4. The van der Waals surface area contributed by atoms with E-state index in [2.05, 4.69) is 91.7 Å². The molecular formula is C74H69Br2N23O19. The zero-order chi connectivity index (χ0) is 88.0. The average Bonchev–Trinajstić information content (AvgIpc) is 0.840. The Kier molecular flexibility index (Phi) is 38.1. The van der Waals surface area contributed by atoms with Gasteiger partial charge in [-0.15, -0.1) is 30.7 Å². The third kappa shape index (κ3) is 28.7. The van der Waals surface area contributed by atoms with E-state index in [0.29, 0.717) is 27.2 Å². The first-order valence-corrected chi connectivity index (χ1v) is 35.3. The summed E-state index contributed by atoms with van der Waals surface area (Å²) in [5.41, 5.74) is 7.00. The summed E-state index contributed by atoms with van der Waals surface area (Å²) in [5, 5.41) is 168. The van der Waals surface area contributed by atoms with Gasteiger partial charge in [0.15, 0.2) is 0 Å². The summed E-state index contributed by atoms with van der Waals surface area (Å²) in [6.07, 6.45) is 0. The van der Waals surface area contributed by atoms with E-state index in [4.69, 9.17) is 20.5 Å². The highest BCUT2D eigenvalue weighted by Crippen LogP contribution is 2.40. The number of carbonyl (C=O) groups is 5. The van der Waals surface area contributed by atoms with E-state index in [0.717, 1.165) is 36.4 Å². The van der Waals surface area contributed by atoms with Gasteiger partial charge in [0.2, 0.25) is 17.7 Å². The van der Waals surface area contributed by atoms with Crippen LogP contribution in [-0.2, 0) is 33.4 Å². The van der Waals surface area contributed by atoms with Crippen molar-refractivity contribution in [3.63, 3.8) is 0 Å². The molecule has 0 heterocycles. The van der Waals surface area contributed by atoms with E-state index in [1.165, 1.54) is 58.9 Å². The van der Waals surface area contributed by atoms with Crippen LogP contribution in [0.15, 0.2) is 167 Å². The van der Waals surface area contributed by atoms with Crippen LogP contribution in [0.3, 0.4) is 0 Å². The van der Waals surface area contributed by atoms with E-state index in [9.17, 15) is 111 Å². The first kappa shape index (κ1) is 95.1. The van der Waals surface area contributed by atoms with Gasteiger partial charge in [-0.3, -0.25) is 54.8 Å². The van der Waals surface area contributed by atoms with Crippen LogP contribution in [-0.4, -0.2) is 149 Å². The number of nitrogens with one attached hydrogen (secondary N) is 3. The van der Waals surface area contributed by atoms with Crippen LogP contribution < -0.4 is 36.4 Å². The smallest absolute Gasteiger partial charge is 0.333 e. The highest BCUT2D eigenvalue weighted by atomic mass is 79.9. The molecule has 0 aromatic heterocycles. The van der Waals surface area contributed by atoms with Gasteiger partial charge in [-0.05, 0) is 100 Å². The molecule has 0 saturated carbocycles. The van der Waals surface area contributed by atoms with Gasteiger partial charge in [-0.25, -0.2) is 9.59 Å². The van der Waals surface area contributed by atoms with Crippen LogP contribution in [0.2, 0.25) is 0 Å². The molecular weight excluding hydrogens is 1670 g/mol. The molecule has 7 aromatic rings. The Morgan fingerprint density at radius 3 is 0.932 bits per heavy atom. The minimum Gasteiger partial charge on any atom is -0.460 e. The quantitative estimate of drug-likeness (QED) is 0.00485. The molecule has 9 N–H and O–H groups in total. The SMILES string of the molecule is C=C(C)C(=O)OCCN(CCOC(=O)C(=C)C)c1ccc(N=Nc2c(C#N)cc([N+](=O)[O-])cc2C#N)c(NC(C)=O)c1.CC(=O)Nc1cc(N(CCO)CCO)ccc1N=Nc1c(Br)cc([N+](=O)[O-])cc1C#N.CC(=O)Nc1cc(N(CCO)CCO)ccc1N=Nc1c(C#N)cc([N+](=O)[O-])cc1C#N.N#Cc1cc([N+](=O)[O-])cc(Br)c1N. The number of ether oxygens (including phenoxy) is 2. The fourth-order valence-electron chi connectivity index (χ4n) is 9.63. The summed E-state index contributed by atoms with van der Waals surface area (Å²) in [4.78, 5) is 105. The molecule has 0 unspecified atom stereocenters. The Morgan fingerprint density at radius 1 is 0.415 bits per heavy atom. The lowest BCUT2D eigenvalue weighted by Gasteiger charge is -2.25. The van der Waals surface area contributed by atoms with Crippen molar-refractivity contribution in [2.45, 2.75) is 34.6 Å². The second-order valence-corrected chi connectivity index (χ2v) is 25.3. The number of amides is 3. The lowest BCUT2D eigenvalue weighted by molar-refractivity contribution is -0.385. The summed E-state index contributed by atoms with van der Waals surface area (Å²) < 4.78 is 11.0. The standard InChI is InChI=1S/C28H27N7O7.C20H19N7O5.C19H19BrN6O5.C7H4BrN3O2/c1-17(2)27(37)41-10-8-34(9-11-42-28(38)18(3)4)22-6-7-24(25(14-22)31-19(5)36)32-33-26-20(15-29)12-23(35(39)40)13-21(26)16-30;1-13(30)23-19-10-16(26(4-6-28)5-7-29)2-3-18(19)24-25-20-14(11-21)8-17(27(31)32)9-15(20)12-22;1-12(29)22-18-10-14(25(4-6-27)5-7-28)2-3-17(18)23-24-19-13(11-21)8-15(26(30)31)9-16(19)20;8-6-2-5(11(12)13)1-4(3-9)7(6)10/h6-7,12-14H,1,3,8-11H2,2,4-5H3,(H,31,36);2-3,8-10,28-29H,4-7H2,1H3,(H,23,30);2-3,8-10,27-28H,4-7H2,1H3,(H,22,29);1-2H,10H2. The maximum atomic E-state index is 12.0. The van der Waals surface area contributed by atoms with E-state index in [1.807, 2.05) is 6.07 Å². The van der Waals surface area contributed by atoms with Crippen molar-refractivity contribution in [1.82, 2.24) is 0 Å². The summed E-state index contributed by atoms with van der Waals surface area (Å²) in [5.74, 6) is -2.32. The molecule has 0 radical (unpaired) electrons. The molecule has 44 heteroatoms. The van der Waals surface area contributed by atoms with Crippen LogP contribution in [0.25, 0.3) is 0 Å². The third-order valence-electron chi connectivity index (χ3n) is 15.0. The Bertz CT molecular complexity index is 5290. The van der Waals surface area contributed by atoms with Gasteiger partial charge in [0.25, 0.3) is 22.7 Å². The first-order valence-electron chi connectivity index (χ1n) is 33.7. The second-order valence-electron chi connectivity index (χ2n) is 23.6. The van der Waals surface area contributed by atoms with Gasteiger partial charge in [0.05, 0.1) is 120 Å². The highest BCUT2D eigenvalue weighted by molar-refractivity contribution is 9.11. The third-order valence-corrected chi connectivity index (χ3v) is 16.3. The number of hydrogen-bond donors (Lipinski definition) is 8. The van der Waals surface area contributed by atoms with Crippen molar-refractivity contribution in [2.75, 3.05) is 115 Å². The fourth-order valence-corrected chi connectivity index (χ4v) is 10.6. The maximum absolute atomic E-state index is 12.0. The lowest BCUT2D eigenvalue weighted by atomic mass is 10.1. The van der Waals surface area contributed by atoms with E-state index < -0.39 is 48.9 Å². The van der Waals surface area contributed by atoms with Crippen molar-refractivity contribution in [3.05, 3.63) is 210 Å². The minimum atomic E-state index is -0.735. The van der Waals surface area contributed by atoms with E-state index in [1.54, 1.807) is 87.5 Å². The number of carbonyl (C=O) groups excluding carboxylic acids is 5. The largest absolute Gasteiger partial charge is 0.460 e. The van der Waals surface area contributed by atoms with Crippen LogP contribution in [0.4, 0.5) is 96.7 Å². The Balaban J connectivity index is 0.000000349. The van der Waals surface area contributed by atoms with Gasteiger partial charge >= 0.3 is 11.9 Å². The maximum Gasteiger partial charge on any atom is 0.333 e. The van der Waals surface area contributed by atoms with Gasteiger partial charge in [0, 0.05) is 128 Å². The molecule has 0 spiro atoms. The summed E-state index contributed by atoms with van der Waals surface area (Å²) in [7, 11) is 0. The Labute approximate surface area is 687 Å². The lowest BCUT2D eigenvalue weighted by Crippen LogP contribution is -2.32. The number of benzene rings is 7. The van der Waals surface area contributed by atoms with E-state index >= 15 is 0 Å². The number of halogens is 2. The number of aliphatic hydroxyl groups is 4. The van der Waals surface area contributed by atoms with Crippen LogP contribution in [0.5, 0.6) is 0 Å². The van der Waals surface area contributed by atoms with Gasteiger partial charge in [-0.1, -0.05) is 13.2 Å². The molecule has 0 atom stereocenters. The number of nitrogens with zero attached hydrogens (tertiary/aromatic N) is 19. The van der Waals surface area contributed by atoms with Crippen molar-refractivity contribution >= 4 is 158 Å². The van der Waals surface area contributed by atoms with Crippen molar-refractivity contribution in [2.24, 2.45) is 30.7 Å². The molecule has 3 amide bonds. The number of rotatable bonds is 32. The molecule has 0 fully saturated rings. The molecule has 608 valence electrons. The minimum absolute atomic E-state index is 0.0227. The Morgan fingerprint density at radius 2 is 0.669 bits per heavy atom. The van der Waals surface area contributed by atoms with Gasteiger partial charge < -0.3 is 66.3 Å². The number of nitro benzene ring substituents is 4. The number of nitrogen functional groups attached to an aromatic ring is 1.